The van der Waals surface area contributed by atoms with Gasteiger partial charge in [-0.1, -0.05) is 66.3 Å². The highest BCUT2D eigenvalue weighted by atomic mass is 127. The van der Waals surface area contributed by atoms with Crippen molar-refractivity contribution in [1.29, 1.82) is 0 Å². The highest BCUT2D eigenvalue weighted by Gasteiger charge is 2.39. The molecule has 8 heterocycles. The Kier molecular flexibility index (Phi) is 27.7. The Morgan fingerprint density at radius 1 is 0.539 bits per heavy atom. The predicted molar refractivity (Wildman–Crippen MR) is 373 cm³/mol. The van der Waals surface area contributed by atoms with Gasteiger partial charge in [-0.15, -0.1) is 0 Å². The lowest BCUT2D eigenvalue weighted by Gasteiger charge is -2.31. The Morgan fingerprint density at radius 3 is 1.32 bits per heavy atom. The summed E-state index contributed by atoms with van der Waals surface area (Å²) < 4.78 is 110. The fourth-order valence-corrected chi connectivity index (χ4v) is 12.2. The summed E-state index contributed by atoms with van der Waals surface area (Å²) in [5.74, 6) is -6.29. The molecule has 0 spiro atoms. The van der Waals surface area contributed by atoms with Gasteiger partial charge in [0.05, 0.1) is 84.8 Å². The molecule has 4 aliphatic heterocycles. The van der Waals surface area contributed by atoms with Gasteiger partial charge in [-0.2, -0.15) is 20.4 Å². The van der Waals surface area contributed by atoms with Gasteiger partial charge in [0.2, 0.25) is 12.3 Å². The van der Waals surface area contributed by atoms with Gasteiger partial charge >= 0.3 is 13.1 Å². The third-order valence-corrected chi connectivity index (χ3v) is 18.3. The van der Waals surface area contributed by atoms with Crippen LogP contribution in [0.2, 0.25) is 20.1 Å². The first-order chi connectivity index (χ1) is 47.9. The molecule has 0 atom stereocenters. The molecule has 0 saturated carbocycles. The maximum Gasteiger partial charge on any atom is 0.488 e. The third-order valence-electron chi connectivity index (χ3n) is 16.4. The van der Waals surface area contributed by atoms with Gasteiger partial charge in [-0.25, -0.2) is 35.1 Å². The van der Waals surface area contributed by atoms with Gasteiger partial charge in [-0.05, 0) is 147 Å². The smallest absolute Gasteiger partial charge is 0.481 e. The van der Waals surface area contributed by atoms with Crippen molar-refractivity contribution in [2.24, 2.45) is 33.8 Å². The Labute approximate surface area is 612 Å². The van der Waals surface area contributed by atoms with Crippen LogP contribution in [-0.4, -0.2) is 128 Å². The molecule has 102 heavy (non-hydrogen) atoms. The Hall–Kier alpha value is -8.19. The fourth-order valence-electron chi connectivity index (χ4n) is 10.6. The number of rotatable bonds is 13. The van der Waals surface area contributed by atoms with E-state index in [9.17, 15) is 63.9 Å². The lowest BCUT2D eigenvalue weighted by atomic mass is 9.80. The summed E-state index contributed by atoms with van der Waals surface area (Å²) in [5.41, 5.74) is 25.9. The molecule has 5 amide bonds. The van der Waals surface area contributed by atoms with Crippen molar-refractivity contribution in [3.8, 4) is 33.8 Å². The number of aryl methyl sites for hydroxylation is 2. The monoisotopic (exact) mass is 1620 g/mol. The number of carbonyl (C=O) groups is 6. The fraction of sp³-hybridized carbons (Fsp3) is 0.354. The lowest BCUT2D eigenvalue weighted by molar-refractivity contribution is -0.155. The molecule has 0 aliphatic carbocycles. The van der Waals surface area contributed by atoms with E-state index in [0.717, 1.165) is 105 Å². The van der Waals surface area contributed by atoms with E-state index in [1.165, 1.54) is 73.3 Å². The molecule has 37 heteroatoms. The number of nitrogens with zero attached hydrogens (tertiary/aromatic N) is 9. The van der Waals surface area contributed by atoms with Gasteiger partial charge in [0.15, 0.2) is 0 Å². The second-order valence-electron chi connectivity index (χ2n) is 24.6. The van der Waals surface area contributed by atoms with Crippen molar-refractivity contribution in [1.82, 2.24) is 49.3 Å². The summed E-state index contributed by atoms with van der Waals surface area (Å²) in [6, 6.07) is 16.0. The molecule has 23 nitrogen and oxygen atoms in total. The number of hydrogen-bond acceptors (Lipinski definition) is 13. The van der Waals surface area contributed by atoms with Crippen LogP contribution in [0.3, 0.4) is 0 Å². The summed E-state index contributed by atoms with van der Waals surface area (Å²) in [6.07, 6.45) is 0.226. The normalized spacial score (nSPS) is 13.7. The number of amides is 5. The van der Waals surface area contributed by atoms with Crippen molar-refractivity contribution in [2.45, 2.75) is 125 Å². The minimum absolute atomic E-state index is 0.00360. The van der Waals surface area contributed by atoms with E-state index in [-0.39, 0.29) is 68.8 Å². The van der Waals surface area contributed by atoms with Crippen LogP contribution in [0.5, 0.6) is 0 Å². The van der Waals surface area contributed by atoms with Gasteiger partial charge < -0.3 is 48.3 Å². The number of aliphatic carboxylic acids is 1. The lowest BCUT2D eigenvalue weighted by Crippen LogP contribution is -2.41. The minimum atomic E-state index is -2.81. The van der Waals surface area contributed by atoms with E-state index in [0.29, 0.717) is 63.6 Å². The molecule has 4 aromatic heterocycles. The van der Waals surface area contributed by atoms with Gasteiger partial charge in [-0.3, -0.25) is 47.5 Å². The number of carboxylic acid groups (broad SMARTS) is 1. The van der Waals surface area contributed by atoms with E-state index >= 15 is 0 Å². The van der Waals surface area contributed by atoms with Crippen molar-refractivity contribution in [3.05, 3.63) is 165 Å². The third kappa shape index (κ3) is 19.5. The van der Waals surface area contributed by atoms with Crippen LogP contribution in [0.25, 0.3) is 33.8 Å². The number of nitrogens with two attached hydrogens (primary N) is 4. The summed E-state index contributed by atoms with van der Waals surface area (Å²) in [4.78, 5) is 70.7. The topological polar surface area (TPSA) is 354 Å². The van der Waals surface area contributed by atoms with Crippen LogP contribution in [-0.2, 0) is 61.7 Å². The summed E-state index contributed by atoms with van der Waals surface area (Å²) in [6.45, 7) is 8.81. The van der Waals surface area contributed by atoms with Crippen molar-refractivity contribution >= 4 is 117 Å². The SMILES string of the molecule is CC(C)(C(=O)O)C(F)F.CC(C)(CC(=O)N1CCn2nc(-c3ccc(F)c(Cl)c3)c(C(N)=O)c2C1)C(F)F.NC(=O)c1c(-c2ccc(F)c(Cl)c2)nn2c1CCCC2.NC(=O)c1c(-c2ccc(F)c(Cl)c2)nn2c1CNCC2.NC(=O)c1c(I)nn2c1CCCC2.OB(O)c1ccc(F)c(Cl)c1. The number of carbonyl (C=O) groups excluding carboxylic acids is 5. The molecule has 4 aromatic carbocycles. The zero-order valence-corrected chi connectivity index (χ0v) is 60.0. The number of nitrogens with one attached hydrogen (secondary N) is 1. The largest absolute Gasteiger partial charge is 0.488 e. The maximum atomic E-state index is 13.5. The standard InChI is InChI=1S/C19H20ClF3N4O2.C14H13ClFN3O.C13H12ClFN4O.C8H10IN3O.C6H5BClFO2.C5H8F2O2/c1-19(2,18(22)23)8-14(28)26-5-6-27-13(9-26)15(17(24)29)16(25-27)10-3-4-12(21)11(20)7-10;15-9-7-8(4-5-10(9)16)13-12(14(17)20)11-3-1-2-6-19(11)18-13;14-8-5-7(1-2-9(8)15)12-11(13(16)20)10-6-17-3-4-19(10)18-12;9-7-6(8(10)13)5-3-1-2-4-12(5)11-7;8-5-3-4(7(10)11)1-2-6(5)9;1-5(2,3(6)7)4(8)9/h3-4,7,18H,5-6,8-9H2,1-2H3,(H2,24,29);4-5,7H,1-3,6H2,(H2,17,20);1-2,5,17H,3-4,6H2,(H2,16,20);1-4H2,(H2,10,13);1-3,10-11H;3H,1-2H3,(H,8,9). The quantitative estimate of drug-likeness (QED) is 0.0302. The Balaban J connectivity index is 0.000000179. The van der Waals surface area contributed by atoms with Gasteiger partial charge in [0, 0.05) is 61.2 Å². The number of carboxylic acids is 1. The van der Waals surface area contributed by atoms with Crippen LogP contribution in [0.4, 0.5) is 35.1 Å². The highest BCUT2D eigenvalue weighted by molar-refractivity contribution is 14.1. The molecule has 8 aromatic rings. The predicted octanol–water partition coefficient (Wildman–Crippen LogP) is 10.2. The van der Waals surface area contributed by atoms with Crippen LogP contribution < -0.4 is 33.7 Å². The van der Waals surface area contributed by atoms with Crippen molar-refractivity contribution in [3.63, 3.8) is 0 Å². The first-order valence-electron chi connectivity index (χ1n) is 31.0. The molecular weight excluding hydrogens is 1550 g/mol. The number of fused-ring (bicyclic) bond motifs is 4. The molecule has 12 N–H and O–H groups in total. The van der Waals surface area contributed by atoms with E-state index in [1.54, 1.807) is 15.4 Å². The summed E-state index contributed by atoms with van der Waals surface area (Å²) in [7, 11) is -1.60. The number of alkyl halides is 4. The van der Waals surface area contributed by atoms with Crippen LogP contribution in [0, 0.1) is 37.8 Å². The molecule has 0 radical (unpaired) electrons. The molecule has 0 unspecified atom stereocenters. The number of aromatic nitrogens is 8. The average molecular weight is 1620 g/mol. The Bertz CT molecular complexity index is 4340. The van der Waals surface area contributed by atoms with Crippen molar-refractivity contribution < 1.29 is 79.0 Å². The molecule has 0 fully saturated rings. The molecule has 4 aliphatic rings. The number of benzene rings is 4. The van der Waals surface area contributed by atoms with Gasteiger partial charge in [0.25, 0.3) is 30.1 Å². The molecular formula is C65H68BCl4F8IN14O9. The van der Waals surface area contributed by atoms with Crippen LogP contribution >= 0.6 is 69.0 Å². The van der Waals surface area contributed by atoms with E-state index < -0.39 is 83.7 Å². The first-order valence-corrected chi connectivity index (χ1v) is 33.6. The minimum Gasteiger partial charge on any atom is -0.481 e. The number of hydrogen-bond donors (Lipinski definition) is 8. The summed E-state index contributed by atoms with van der Waals surface area (Å²) in [5, 5.41) is 45.8. The van der Waals surface area contributed by atoms with E-state index in [2.05, 4.69) is 48.3 Å². The number of halogens is 13. The highest BCUT2D eigenvalue weighted by Crippen LogP contribution is 2.36. The van der Waals surface area contributed by atoms with Crippen LogP contribution in [0.15, 0.2) is 72.8 Å². The second-order valence-corrected chi connectivity index (χ2v) is 27.3. The number of primary amides is 4. The average Bonchev–Trinajstić information content (AvgIpc) is 1.63. The summed E-state index contributed by atoms with van der Waals surface area (Å²) >= 11 is 24.8. The van der Waals surface area contributed by atoms with E-state index in [4.69, 9.17) is 84.5 Å². The second kappa shape index (κ2) is 34.9. The van der Waals surface area contributed by atoms with Crippen molar-refractivity contribution in [2.75, 3.05) is 13.1 Å². The zero-order valence-electron chi connectivity index (χ0n) is 54.8. The Morgan fingerprint density at radius 2 is 0.931 bits per heavy atom. The van der Waals surface area contributed by atoms with Crippen LogP contribution in [0.1, 0.15) is 124 Å². The van der Waals surface area contributed by atoms with Gasteiger partial charge in [0.1, 0.15) is 49.5 Å². The first kappa shape index (κ1) is 81.1. The molecule has 0 saturated heterocycles. The molecule has 0 bridgehead atoms. The zero-order chi connectivity index (χ0) is 75.6. The molecule has 12 rings (SSSR count). The van der Waals surface area contributed by atoms with E-state index in [1.807, 2.05) is 9.36 Å². The molecule has 546 valence electrons. The maximum absolute atomic E-state index is 13.5.